The van der Waals surface area contributed by atoms with Gasteiger partial charge in [-0.3, -0.25) is 0 Å². The van der Waals surface area contributed by atoms with Crippen molar-refractivity contribution in [2.75, 3.05) is 26.3 Å². The summed E-state index contributed by atoms with van der Waals surface area (Å²) < 4.78 is 11.3. The summed E-state index contributed by atoms with van der Waals surface area (Å²) in [7, 11) is 0. The van der Waals surface area contributed by atoms with E-state index in [9.17, 15) is 0 Å². The molecule has 19 heavy (non-hydrogen) atoms. The quantitative estimate of drug-likeness (QED) is 0.659. The Balaban J connectivity index is 1.97. The van der Waals surface area contributed by atoms with E-state index < -0.39 is 0 Å². The van der Waals surface area contributed by atoms with Gasteiger partial charge in [-0.1, -0.05) is 32.0 Å². The first-order valence-electron chi connectivity index (χ1n) is 7.18. The van der Waals surface area contributed by atoms with Gasteiger partial charge in [0.05, 0.1) is 12.7 Å². The third kappa shape index (κ3) is 8.62. The van der Waals surface area contributed by atoms with Gasteiger partial charge in [0.2, 0.25) is 0 Å². The van der Waals surface area contributed by atoms with Crippen LogP contribution in [-0.2, 0) is 4.74 Å². The molecule has 108 valence electrons. The maximum Gasteiger partial charge on any atom is 0.119 e. The predicted octanol–water partition coefficient (Wildman–Crippen LogP) is 3.11. The molecule has 1 atom stereocenters. The number of rotatable bonds is 10. The van der Waals surface area contributed by atoms with E-state index in [0.717, 1.165) is 24.8 Å². The molecule has 1 aromatic rings. The van der Waals surface area contributed by atoms with Gasteiger partial charge >= 0.3 is 0 Å². The average Bonchev–Trinajstić information content (AvgIpc) is 2.41. The highest BCUT2D eigenvalue weighted by Crippen LogP contribution is 2.07. The summed E-state index contributed by atoms with van der Waals surface area (Å²) in [4.78, 5) is 0. The third-order valence-corrected chi connectivity index (χ3v) is 2.83. The van der Waals surface area contributed by atoms with Crippen molar-refractivity contribution in [2.45, 2.75) is 33.3 Å². The fraction of sp³-hybridized carbons (Fsp3) is 0.625. The van der Waals surface area contributed by atoms with E-state index in [2.05, 4.69) is 26.1 Å². The van der Waals surface area contributed by atoms with E-state index in [0.29, 0.717) is 13.2 Å². The van der Waals surface area contributed by atoms with Crippen LogP contribution in [0.3, 0.4) is 0 Å². The highest BCUT2D eigenvalue weighted by molar-refractivity contribution is 5.20. The summed E-state index contributed by atoms with van der Waals surface area (Å²) in [6, 6.07) is 9.83. The zero-order chi connectivity index (χ0) is 13.9. The second-order valence-electron chi connectivity index (χ2n) is 5.23. The molecule has 0 saturated heterocycles. The van der Waals surface area contributed by atoms with Crippen molar-refractivity contribution in [3.05, 3.63) is 30.3 Å². The van der Waals surface area contributed by atoms with Crippen molar-refractivity contribution in [3.8, 4) is 5.75 Å². The summed E-state index contributed by atoms with van der Waals surface area (Å²) in [5, 5.41) is 3.41. The van der Waals surface area contributed by atoms with Crippen LogP contribution in [-0.4, -0.2) is 32.4 Å². The van der Waals surface area contributed by atoms with Gasteiger partial charge in [0.15, 0.2) is 0 Å². The van der Waals surface area contributed by atoms with Crippen LogP contribution in [0.15, 0.2) is 30.3 Å². The summed E-state index contributed by atoms with van der Waals surface area (Å²) in [5.74, 6) is 1.65. The molecule has 0 amide bonds. The molecule has 1 unspecified atom stereocenters. The molecule has 0 saturated carbocycles. The maximum absolute atomic E-state index is 5.68. The van der Waals surface area contributed by atoms with Gasteiger partial charge in [-0.15, -0.1) is 0 Å². The average molecular weight is 265 g/mol. The number of nitrogens with one attached hydrogen (secondary N) is 1. The molecule has 1 rings (SSSR count). The van der Waals surface area contributed by atoms with Crippen molar-refractivity contribution in [2.24, 2.45) is 5.92 Å². The predicted molar refractivity (Wildman–Crippen MR) is 79.7 cm³/mol. The Morgan fingerprint density at radius 1 is 1.05 bits per heavy atom. The molecule has 0 aromatic heterocycles. The molecule has 3 heteroatoms. The smallest absolute Gasteiger partial charge is 0.119 e. The molecule has 0 spiro atoms. The number of para-hydroxylation sites is 1. The Morgan fingerprint density at radius 2 is 1.79 bits per heavy atom. The summed E-state index contributed by atoms with van der Waals surface area (Å²) in [6.07, 6.45) is 1.44. The van der Waals surface area contributed by atoms with Crippen LogP contribution >= 0.6 is 0 Å². The molecule has 0 radical (unpaired) electrons. The van der Waals surface area contributed by atoms with Crippen molar-refractivity contribution >= 4 is 0 Å². The lowest BCUT2D eigenvalue weighted by atomic mass is 10.1. The SMILES string of the molecule is CC(C)CCNCC(C)OCCOc1ccccc1. The van der Waals surface area contributed by atoms with E-state index in [-0.39, 0.29) is 6.10 Å². The van der Waals surface area contributed by atoms with Gasteiger partial charge in [0, 0.05) is 6.54 Å². The monoisotopic (exact) mass is 265 g/mol. The first-order chi connectivity index (χ1) is 9.18. The molecule has 0 bridgehead atoms. The minimum Gasteiger partial charge on any atom is -0.491 e. The van der Waals surface area contributed by atoms with Crippen LogP contribution in [0, 0.1) is 5.92 Å². The standard InChI is InChI=1S/C16H27NO2/c1-14(2)9-10-17-13-15(3)18-11-12-19-16-7-5-4-6-8-16/h4-8,14-15,17H,9-13H2,1-3H3. The van der Waals surface area contributed by atoms with Crippen molar-refractivity contribution in [1.29, 1.82) is 0 Å². The Hall–Kier alpha value is -1.06. The van der Waals surface area contributed by atoms with Gasteiger partial charge in [0.1, 0.15) is 12.4 Å². The normalized spacial score (nSPS) is 12.6. The van der Waals surface area contributed by atoms with Crippen molar-refractivity contribution in [1.82, 2.24) is 5.32 Å². The Kier molecular flexibility index (Phi) is 8.26. The molecule has 0 aliphatic carbocycles. The topological polar surface area (TPSA) is 30.5 Å². The van der Waals surface area contributed by atoms with E-state index in [1.54, 1.807) is 0 Å². The first-order valence-corrected chi connectivity index (χ1v) is 7.18. The Morgan fingerprint density at radius 3 is 2.47 bits per heavy atom. The first kappa shape index (κ1) is 16.0. The molecular formula is C16H27NO2. The maximum atomic E-state index is 5.68. The van der Waals surface area contributed by atoms with E-state index in [1.807, 2.05) is 30.3 Å². The minimum absolute atomic E-state index is 0.228. The molecular weight excluding hydrogens is 238 g/mol. The Labute approximate surface area is 117 Å². The zero-order valence-corrected chi connectivity index (χ0v) is 12.4. The summed E-state index contributed by atoms with van der Waals surface area (Å²) in [6.45, 7) is 9.75. The van der Waals surface area contributed by atoms with Crippen molar-refractivity contribution < 1.29 is 9.47 Å². The summed E-state index contributed by atoms with van der Waals surface area (Å²) >= 11 is 0. The number of ether oxygens (including phenoxy) is 2. The van der Waals surface area contributed by atoms with Crippen LogP contribution in [0.4, 0.5) is 0 Å². The highest BCUT2D eigenvalue weighted by atomic mass is 16.5. The lowest BCUT2D eigenvalue weighted by Gasteiger charge is -2.15. The van der Waals surface area contributed by atoms with Gasteiger partial charge in [0.25, 0.3) is 0 Å². The van der Waals surface area contributed by atoms with Crippen molar-refractivity contribution in [3.63, 3.8) is 0 Å². The fourth-order valence-corrected chi connectivity index (χ4v) is 1.68. The van der Waals surface area contributed by atoms with Crippen LogP contribution in [0.5, 0.6) is 5.75 Å². The van der Waals surface area contributed by atoms with E-state index >= 15 is 0 Å². The second kappa shape index (κ2) is 9.82. The van der Waals surface area contributed by atoms with Gasteiger partial charge in [-0.25, -0.2) is 0 Å². The van der Waals surface area contributed by atoms with E-state index in [1.165, 1.54) is 6.42 Å². The molecule has 1 aromatic carbocycles. The molecule has 3 nitrogen and oxygen atoms in total. The van der Waals surface area contributed by atoms with E-state index in [4.69, 9.17) is 9.47 Å². The molecule has 0 aliphatic rings. The number of benzene rings is 1. The molecule has 0 aliphatic heterocycles. The number of hydrogen-bond donors (Lipinski definition) is 1. The van der Waals surface area contributed by atoms with Crippen LogP contribution in [0.25, 0.3) is 0 Å². The minimum atomic E-state index is 0.228. The lowest BCUT2D eigenvalue weighted by Crippen LogP contribution is -2.29. The molecule has 1 N–H and O–H groups in total. The largest absolute Gasteiger partial charge is 0.491 e. The molecule has 0 heterocycles. The second-order valence-corrected chi connectivity index (χ2v) is 5.23. The van der Waals surface area contributed by atoms with Crippen LogP contribution in [0.1, 0.15) is 27.2 Å². The van der Waals surface area contributed by atoms with Gasteiger partial charge in [-0.2, -0.15) is 0 Å². The lowest BCUT2D eigenvalue weighted by molar-refractivity contribution is 0.0447. The zero-order valence-electron chi connectivity index (χ0n) is 12.4. The summed E-state index contributed by atoms with van der Waals surface area (Å²) in [5.41, 5.74) is 0. The number of hydrogen-bond acceptors (Lipinski definition) is 3. The van der Waals surface area contributed by atoms with Gasteiger partial charge in [-0.05, 0) is 37.9 Å². The fourth-order valence-electron chi connectivity index (χ4n) is 1.68. The van der Waals surface area contributed by atoms with Crippen LogP contribution in [0.2, 0.25) is 0 Å². The molecule has 0 fully saturated rings. The van der Waals surface area contributed by atoms with Gasteiger partial charge < -0.3 is 14.8 Å². The third-order valence-electron chi connectivity index (χ3n) is 2.83. The van der Waals surface area contributed by atoms with Crippen LogP contribution < -0.4 is 10.1 Å². The Bertz CT molecular complexity index is 314. The highest BCUT2D eigenvalue weighted by Gasteiger charge is 2.02.